The molecule has 160 valence electrons. The third-order valence-electron chi connectivity index (χ3n) is 5.33. The number of hydrogen-bond donors (Lipinski definition) is 0. The van der Waals surface area contributed by atoms with Crippen LogP contribution in [0.5, 0.6) is 0 Å². The number of aromatic nitrogens is 2. The molecule has 0 saturated heterocycles. The average molecular weight is 448 g/mol. The summed E-state index contributed by atoms with van der Waals surface area (Å²) in [4.78, 5) is 38.9. The highest BCUT2D eigenvalue weighted by Gasteiger charge is 2.45. The van der Waals surface area contributed by atoms with Crippen LogP contribution in [0.4, 0.5) is 10.8 Å². The van der Waals surface area contributed by atoms with Crippen molar-refractivity contribution in [1.29, 1.82) is 0 Å². The molecule has 0 fully saturated rings. The summed E-state index contributed by atoms with van der Waals surface area (Å²) in [5, 5.41) is 20.9. The molecule has 0 saturated carbocycles. The number of amides is 1. The van der Waals surface area contributed by atoms with E-state index in [1.54, 1.807) is 24.3 Å². The van der Waals surface area contributed by atoms with Crippen molar-refractivity contribution in [2.75, 3.05) is 4.90 Å². The van der Waals surface area contributed by atoms with Gasteiger partial charge in [-0.3, -0.25) is 24.6 Å². The van der Waals surface area contributed by atoms with Gasteiger partial charge in [0.15, 0.2) is 5.43 Å². The molecule has 4 aromatic rings. The van der Waals surface area contributed by atoms with Crippen molar-refractivity contribution in [3.8, 4) is 0 Å². The van der Waals surface area contributed by atoms with E-state index in [2.05, 4.69) is 10.2 Å². The van der Waals surface area contributed by atoms with Gasteiger partial charge < -0.3 is 4.42 Å². The van der Waals surface area contributed by atoms with Crippen LogP contribution in [0.2, 0.25) is 0 Å². The first-order valence-electron chi connectivity index (χ1n) is 9.84. The lowest BCUT2D eigenvalue weighted by Crippen LogP contribution is -2.29. The summed E-state index contributed by atoms with van der Waals surface area (Å²) in [7, 11) is 0. The Labute approximate surface area is 185 Å². The summed E-state index contributed by atoms with van der Waals surface area (Å²) < 4.78 is 5.87. The van der Waals surface area contributed by atoms with Crippen LogP contribution in [0.1, 0.15) is 52.5 Å². The van der Waals surface area contributed by atoms with Gasteiger partial charge in [-0.2, -0.15) is 0 Å². The average Bonchev–Trinajstić information content (AvgIpc) is 3.38. The van der Waals surface area contributed by atoms with Gasteiger partial charge >= 0.3 is 0 Å². The molecule has 1 amide bonds. The van der Waals surface area contributed by atoms with Crippen molar-refractivity contribution in [2.24, 2.45) is 0 Å². The number of fused-ring (bicyclic) bond motifs is 2. The number of benzene rings is 2. The number of hydrogen-bond acceptors (Lipinski definition) is 8. The number of rotatable bonds is 4. The molecule has 1 aliphatic heterocycles. The Morgan fingerprint density at radius 1 is 1.09 bits per heavy atom. The molecule has 1 atom stereocenters. The van der Waals surface area contributed by atoms with Crippen LogP contribution in [-0.2, 0) is 0 Å². The van der Waals surface area contributed by atoms with Crippen LogP contribution in [0.25, 0.3) is 11.0 Å². The van der Waals surface area contributed by atoms with Gasteiger partial charge in [0.1, 0.15) is 10.6 Å². The van der Waals surface area contributed by atoms with E-state index in [4.69, 9.17) is 4.42 Å². The number of non-ortho nitro benzene ring substituents is 1. The maximum absolute atomic E-state index is 13.5. The van der Waals surface area contributed by atoms with Crippen LogP contribution in [0.15, 0.2) is 57.7 Å². The minimum Gasteiger partial charge on any atom is -0.450 e. The summed E-state index contributed by atoms with van der Waals surface area (Å²) in [6.07, 6.45) is 0. The van der Waals surface area contributed by atoms with E-state index in [1.165, 1.54) is 40.5 Å². The number of nitrogens with zero attached hydrogens (tertiary/aromatic N) is 4. The van der Waals surface area contributed by atoms with Crippen LogP contribution >= 0.6 is 11.3 Å². The minimum absolute atomic E-state index is 0.0571. The van der Waals surface area contributed by atoms with Crippen LogP contribution in [-0.4, -0.2) is 21.0 Å². The zero-order chi connectivity index (χ0) is 22.6. The topological polar surface area (TPSA) is 119 Å². The highest BCUT2D eigenvalue weighted by Crippen LogP contribution is 2.42. The van der Waals surface area contributed by atoms with E-state index >= 15 is 0 Å². The molecule has 2 aromatic carbocycles. The second-order valence-electron chi connectivity index (χ2n) is 7.67. The van der Waals surface area contributed by atoms with E-state index in [0.717, 1.165) is 5.01 Å². The zero-order valence-corrected chi connectivity index (χ0v) is 17.8. The first-order valence-corrected chi connectivity index (χ1v) is 10.7. The Kier molecular flexibility index (Phi) is 4.59. The lowest BCUT2D eigenvalue weighted by Gasteiger charge is -2.22. The second kappa shape index (κ2) is 7.34. The van der Waals surface area contributed by atoms with Gasteiger partial charge in [0.25, 0.3) is 11.6 Å². The third kappa shape index (κ3) is 2.99. The normalized spacial score (nSPS) is 15.5. The zero-order valence-electron chi connectivity index (χ0n) is 17.0. The van der Waals surface area contributed by atoms with Gasteiger partial charge in [0.2, 0.25) is 10.9 Å². The maximum Gasteiger partial charge on any atom is 0.297 e. The largest absolute Gasteiger partial charge is 0.450 e. The number of para-hydroxylation sites is 1. The summed E-state index contributed by atoms with van der Waals surface area (Å²) in [6.45, 7) is 3.94. The summed E-state index contributed by atoms with van der Waals surface area (Å²) in [5.41, 5.74) is 0.618. The van der Waals surface area contributed by atoms with E-state index in [-0.39, 0.29) is 28.4 Å². The van der Waals surface area contributed by atoms with Gasteiger partial charge in [-0.05, 0) is 29.8 Å². The van der Waals surface area contributed by atoms with E-state index < -0.39 is 16.9 Å². The minimum atomic E-state index is -0.841. The van der Waals surface area contributed by atoms with E-state index in [9.17, 15) is 19.7 Å². The number of nitro groups is 1. The summed E-state index contributed by atoms with van der Waals surface area (Å²) in [6, 6.07) is 11.7. The van der Waals surface area contributed by atoms with Gasteiger partial charge in [-0.15, -0.1) is 10.2 Å². The van der Waals surface area contributed by atoms with Crippen molar-refractivity contribution in [3.05, 3.63) is 90.8 Å². The molecule has 9 nitrogen and oxygen atoms in total. The fourth-order valence-corrected chi connectivity index (χ4v) is 4.64. The molecule has 0 N–H and O–H groups in total. The van der Waals surface area contributed by atoms with Gasteiger partial charge in [-0.1, -0.05) is 37.3 Å². The molecule has 5 rings (SSSR count). The molecular formula is C22H16N4O5S. The lowest BCUT2D eigenvalue weighted by molar-refractivity contribution is -0.384. The number of nitro benzene ring substituents is 1. The first kappa shape index (κ1) is 20.0. The maximum atomic E-state index is 13.5. The SMILES string of the molecule is CC(C)c1nnc(N2C(=O)c3oc4ccccc4c(=O)c3[C@@H]2c2ccc([N+](=O)[O-])cc2)s1. The molecule has 10 heteroatoms. The number of carbonyl (C=O) groups is 1. The molecule has 1 aliphatic rings. The smallest absolute Gasteiger partial charge is 0.297 e. The predicted octanol–water partition coefficient (Wildman–Crippen LogP) is 4.43. The summed E-state index contributed by atoms with van der Waals surface area (Å²) >= 11 is 1.26. The third-order valence-corrected chi connectivity index (χ3v) is 6.55. The molecule has 0 spiro atoms. The first-order chi connectivity index (χ1) is 15.4. The Bertz CT molecular complexity index is 1440. The van der Waals surface area contributed by atoms with Gasteiger partial charge in [-0.25, -0.2) is 0 Å². The molecule has 32 heavy (non-hydrogen) atoms. The van der Waals surface area contributed by atoms with E-state index in [1.807, 2.05) is 13.8 Å². The highest BCUT2D eigenvalue weighted by atomic mass is 32.1. The summed E-state index contributed by atoms with van der Waals surface area (Å²) in [5.74, 6) is -0.447. The van der Waals surface area contributed by atoms with Gasteiger partial charge in [0.05, 0.1) is 21.9 Å². The lowest BCUT2D eigenvalue weighted by atomic mass is 9.98. The van der Waals surface area contributed by atoms with Crippen molar-refractivity contribution in [1.82, 2.24) is 10.2 Å². The fraction of sp³-hybridized carbons (Fsp3) is 0.182. The Morgan fingerprint density at radius 3 is 2.47 bits per heavy atom. The molecular weight excluding hydrogens is 432 g/mol. The number of anilines is 1. The predicted molar refractivity (Wildman–Crippen MR) is 118 cm³/mol. The fourth-order valence-electron chi connectivity index (χ4n) is 3.77. The second-order valence-corrected chi connectivity index (χ2v) is 8.66. The molecule has 0 aliphatic carbocycles. The van der Waals surface area contributed by atoms with Crippen molar-refractivity contribution < 1.29 is 14.1 Å². The van der Waals surface area contributed by atoms with Crippen LogP contribution in [0, 0.1) is 10.1 Å². The standard InChI is InChI=1S/C22H16N4O5S/c1-11(2)20-23-24-22(32-20)25-17(12-7-9-13(10-8-12)26(29)30)16-18(27)14-5-3-4-6-15(14)31-19(16)21(25)28/h3-11,17H,1-2H3/t17-/m0/s1. The Hall–Kier alpha value is -3.92. The van der Waals surface area contributed by atoms with Gasteiger partial charge in [0, 0.05) is 18.1 Å². The molecule has 2 aromatic heterocycles. The van der Waals surface area contributed by atoms with Crippen molar-refractivity contribution in [3.63, 3.8) is 0 Å². The Morgan fingerprint density at radius 2 is 1.81 bits per heavy atom. The molecule has 0 radical (unpaired) electrons. The van der Waals surface area contributed by atoms with Crippen LogP contribution < -0.4 is 10.3 Å². The molecule has 3 heterocycles. The van der Waals surface area contributed by atoms with Crippen molar-refractivity contribution in [2.45, 2.75) is 25.8 Å². The Balaban J connectivity index is 1.76. The van der Waals surface area contributed by atoms with Crippen LogP contribution in [0.3, 0.4) is 0 Å². The monoisotopic (exact) mass is 448 g/mol. The highest BCUT2D eigenvalue weighted by molar-refractivity contribution is 7.15. The quantitative estimate of drug-likeness (QED) is 0.335. The molecule has 0 bridgehead atoms. The van der Waals surface area contributed by atoms with Crippen molar-refractivity contribution >= 4 is 39.0 Å². The van der Waals surface area contributed by atoms with E-state index in [0.29, 0.717) is 21.7 Å². The number of carbonyl (C=O) groups excluding carboxylic acids is 1. The molecule has 0 unspecified atom stereocenters.